The summed E-state index contributed by atoms with van der Waals surface area (Å²) in [7, 11) is 0. The van der Waals surface area contributed by atoms with E-state index in [-0.39, 0.29) is 12.2 Å². The van der Waals surface area contributed by atoms with E-state index in [1.807, 2.05) is 6.92 Å². The molecule has 0 rings (SSSR count). The Morgan fingerprint density at radius 3 is 1.69 bits per heavy atom. The van der Waals surface area contributed by atoms with Crippen molar-refractivity contribution in [3.63, 3.8) is 0 Å². The molecule has 0 aliphatic rings. The number of carbonyl (C=O) groups is 2. The summed E-state index contributed by atoms with van der Waals surface area (Å²) in [5.41, 5.74) is -2.93. The Morgan fingerprint density at radius 1 is 0.769 bits per heavy atom. The molecule has 0 heterocycles. The molecule has 0 saturated carbocycles. The van der Waals surface area contributed by atoms with Gasteiger partial charge in [0.05, 0.1) is 12.0 Å². The highest BCUT2D eigenvalue weighted by Crippen LogP contribution is 2.34. The molecule has 4 nitrogen and oxygen atoms in total. The molecule has 0 aliphatic carbocycles. The fraction of sp³-hybridized carbons (Fsp3) is 0.909. The average Bonchev–Trinajstić information content (AvgIpc) is 2.59. The summed E-state index contributed by atoms with van der Waals surface area (Å²) < 4.78 is 5.34. The number of carbonyl (C=O) groups excluding carboxylic acids is 2. The topological polar surface area (TPSA) is 63.6 Å². The predicted octanol–water partition coefficient (Wildman–Crippen LogP) is 5.60. The van der Waals surface area contributed by atoms with Crippen molar-refractivity contribution in [2.24, 2.45) is 5.41 Å². The number of esters is 1. The van der Waals surface area contributed by atoms with E-state index < -0.39 is 17.0 Å². The number of hydrogen-bond acceptors (Lipinski definition) is 4. The standard InChI is InChI=1S/C22H42O4/c1-6-8-9-10-11-12-13-14-15-16-18-26-20(24)21(3,4)22(5,25)19(23)17-7-2/h25H,6-18H2,1-5H3. The van der Waals surface area contributed by atoms with Crippen LogP contribution in [0.5, 0.6) is 0 Å². The van der Waals surface area contributed by atoms with Crippen molar-refractivity contribution >= 4 is 11.8 Å². The van der Waals surface area contributed by atoms with Crippen LogP contribution in [0.1, 0.15) is 112 Å². The summed E-state index contributed by atoms with van der Waals surface area (Å²) in [6, 6.07) is 0. The zero-order valence-electron chi connectivity index (χ0n) is 17.9. The first-order chi connectivity index (χ1) is 12.2. The van der Waals surface area contributed by atoms with Crippen LogP contribution in [0.25, 0.3) is 0 Å². The van der Waals surface area contributed by atoms with E-state index >= 15 is 0 Å². The first-order valence-electron chi connectivity index (χ1n) is 10.6. The molecule has 154 valence electrons. The molecule has 1 N–H and O–H groups in total. The maximum atomic E-state index is 12.3. The van der Waals surface area contributed by atoms with Crippen LogP contribution < -0.4 is 0 Å². The largest absolute Gasteiger partial charge is 0.465 e. The molecule has 0 amide bonds. The van der Waals surface area contributed by atoms with E-state index in [0.717, 1.165) is 12.8 Å². The lowest BCUT2D eigenvalue weighted by Crippen LogP contribution is -2.53. The first-order valence-corrected chi connectivity index (χ1v) is 10.6. The van der Waals surface area contributed by atoms with Crippen molar-refractivity contribution in [2.45, 2.75) is 117 Å². The van der Waals surface area contributed by atoms with Gasteiger partial charge in [-0.15, -0.1) is 0 Å². The monoisotopic (exact) mass is 370 g/mol. The van der Waals surface area contributed by atoms with Gasteiger partial charge in [-0.2, -0.15) is 0 Å². The highest BCUT2D eigenvalue weighted by atomic mass is 16.5. The maximum Gasteiger partial charge on any atom is 0.314 e. The second-order valence-corrected chi connectivity index (χ2v) is 8.19. The molecule has 26 heavy (non-hydrogen) atoms. The number of rotatable bonds is 16. The fourth-order valence-corrected chi connectivity index (χ4v) is 2.95. The summed E-state index contributed by atoms with van der Waals surface area (Å²) >= 11 is 0. The van der Waals surface area contributed by atoms with Gasteiger partial charge in [-0.25, -0.2) is 0 Å². The van der Waals surface area contributed by atoms with Gasteiger partial charge in [-0.05, 0) is 33.6 Å². The summed E-state index contributed by atoms with van der Waals surface area (Å²) in [4.78, 5) is 24.5. The van der Waals surface area contributed by atoms with Crippen LogP contribution in [0, 0.1) is 5.41 Å². The van der Waals surface area contributed by atoms with Crippen LogP contribution >= 0.6 is 0 Å². The molecule has 0 radical (unpaired) electrons. The third-order valence-electron chi connectivity index (χ3n) is 5.48. The highest BCUT2D eigenvalue weighted by molar-refractivity contribution is 5.93. The van der Waals surface area contributed by atoms with Crippen LogP contribution in [0.3, 0.4) is 0 Å². The predicted molar refractivity (Wildman–Crippen MR) is 107 cm³/mol. The molecule has 0 bridgehead atoms. The molecule has 0 saturated heterocycles. The van der Waals surface area contributed by atoms with E-state index in [2.05, 4.69) is 6.92 Å². The third-order valence-corrected chi connectivity index (χ3v) is 5.48. The van der Waals surface area contributed by atoms with Gasteiger partial charge >= 0.3 is 5.97 Å². The van der Waals surface area contributed by atoms with Gasteiger partial charge in [0.15, 0.2) is 5.78 Å². The van der Waals surface area contributed by atoms with Crippen LogP contribution in [-0.4, -0.2) is 29.1 Å². The van der Waals surface area contributed by atoms with E-state index in [4.69, 9.17) is 4.74 Å². The molecular formula is C22H42O4. The minimum absolute atomic E-state index is 0.266. The average molecular weight is 371 g/mol. The molecule has 1 unspecified atom stereocenters. The molecule has 1 atom stereocenters. The summed E-state index contributed by atoms with van der Waals surface area (Å²) in [5.74, 6) is -0.802. The SMILES string of the molecule is CCCCCCCCCCCCOC(=O)C(C)(C)C(C)(O)C(=O)CCC. The van der Waals surface area contributed by atoms with Gasteiger partial charge in [0, 0.05) is 6.42 Å². The number of hydrogen-bond donors (Lipinski definition) is 1. The zero-order chi connectivity index (χ0) is 20.1. The summed E-state index contributed by atoms with van der Waals surface area (Å²) in [6.07, 6.45) is 13.2. The van der Waals surface area contributed by atoms with Gasteiger partial charge in [0.2, 0.25) is 0 Å². The van der Waals surface area contributed by atoms with Gasteiger partial charge in [-0.1, -0.05) is 71.6 Å². The number of unbranched alkanes of at least 4 members (excludes halogenated alkanes) is 9. The van der Waals surface area contributed by atoms with Crippen LogP contribution in [0.15, 0.2) is 0 Å². The lowest BCUT2D eigenvalue weighted by Gasteiger charge is -2.36. The molecule has 0 aromatic carbocycles. The minimum atomic E-state index is -1.70. The third kappa shape index (κ3) is 8.66. The zero-order valence-corrected chi connectivity index (χ0v) is 17.9. The van der Waals surface area contributed by atoms with Crippen molar-refractivity contribution < 1.29 is 19.4 Å². The van der Waals surface area contributed by atoms with Crippen molar-refractivity contribution in [1.82, 2.24) is 0 Å². The Labute approximate surface area is 161 Å². The van der Waals surface area contributed by atoms with Crippen molar-refractivity contribution in [1.29, 1.82) is 0 Å². The van der Waals surface area contributed by atoms with Gasteiger partial charge in [-0.3, -0.25) is 9.59 Å². The fourth-order valence-electron chi connectivity index (χ4n) is 2.95. The Morgan fingerprint density at radius 2 is 1.23 bits per heavy atom. The van der Waals surface area contributed by atoms with E-state index in [1.165, 1.54) is 58.3 Å². The van der Waals surface area contributed by atoms with E-state index in [0.29, 0.717) is 13.0 Å². The summed E-state index contributed by atoms with van der Waals surface area (Å²) in [5, 5.41) is 10.5. The normalized spacial score (nSPS) is 14.1. The molecular weight excluding hydrogens is 328 g/mol. The van der Waals surface area contributed by atoms with Crippen LogP contribution in [-0.2, 0) is 14.3 Å². The van der Waals surface area contributed by atoms with E-state index in [1.54, 1.807) is 13.8 Å². The molecule has 0 spiro atoms. The number of aliphatic hydroxyl groups is 1. The van der Waals surface area contributed by atoms with Gasteiger partial charge in [0.1, 0.15) is 5.60 Å². The number of ketones is 1. The smallest absolute Gasteiger partial charge is 0.314 e. The Bertz CT molecular complexity index is 399. The van der Waals surface area contributed by atoms with Crippen molar-refractivity contribution in [3.8, 4) is 0 Å². The van der Waals surface area contributed by atoms with Crippen molar-refractivity contribution in [2.75, 3.05) is 6.61 Å². The van der Waals surface area contributed by atoms with Crippen LogP contribution in [0.4, 0.5) is 0 Å². The molecule has 4 heteroatoms. The summed E-state index contributed by atoms with van der Waals surface area (Å²) in [6.45, 7) is 9.06. The lowest BCUT2D eigenvalue weighted by atomic mass is 9.72. The number of ether oxygens (including phenoxy) is 1. The van der Waals surface area contributed by atoms with E-state index in [9.17, 15) is 14.7 Å². The Hall–Kier alpha value is -0.900. The minimum Gasteiger partial charge on any atom is -0.465 e. The second-order valence-electron chi connectivity index (χ2n) is 8.19. The van der Waals surface area contributed by atoms with Crippen LogP contribution in [0.2, 0.25) is 0 Å². The Balaban J connectivity index is 3.95. The second kappa shape index (κ2) is 13.3. The molecule has 0 fully saturated rings. The molecule has 0 aromatic rings. The molecule has 0 aliphatic heterocycles. The maximum absolute atomic E-state index is 12.3. The first kappa shape index (κ1) is 25.1. The van der Waals surface area contributed by atoms with Gasteiger partial charge < -0.3 is 9.84 Å². The van der Waals surface area contributed by atoms with Gasteiger partial charge in [0.25, 0.3) is 0 Å². The molecule has 0 aromatic heterocycles. The quantitative estimate of drug-likeness (QED) is 0.284. The highest BCUT2D eigenvalue weighted by Gasteiger charge is 2.50. The Kier molecular flexibility index (Phi) is 12.8. The van der Waals surface area contributed by atoms with Crippen molar-refractivity contribution in [3.05, 3.63) is 0 Å². The lowest BCUT2D eigenvalue weighted by molar-refractivity contribution is -0.175. The number of Topliss-reactive ketones (excluding diaryl/α,β-unsaturated/α-hetero) is 1.